The van der Waals surface area contributed by atoms with Crippen molar-refractivity contribution in [3.63, 3.8) is 0 Å². The predicted molar refractivity (Wildman–Crippen MR) is 37.5 cm³/mol. The van der Waals surface area contributed by atoms with Gasteiger partial charge in [0.1, 0.15) is 5.76 Å². The number of carbonyl (C=O) groups is 1. The van der Waals surface area contributed by atoms with Crippen LogP contribution in [-0.2, 0) is 4.79 Å². The van der Waals surface area contributed by atoms with E-state index in [2.05, 4.69) is 9.40 Å². The molecular weight excluding hydrogens is 184 g/mol. The van der Waals surface area contributed by atoms with Gasteiger partial charge in [0.15, 0.2) is 6.39 Å². The fraction of sp³-hybridized carbons (Fsp3) is 0.429. The van der Waals surface area contributed by atoms with E-state index >= 15 is 0 Å². The van der Waals surface area contributed by atoms with E-state index in [1.54, 1.807) is 0 Å². The van der Waals surface area contributed by atoms with Crippen LogP contribution in [0.4, 0.5) is 8.78 Å². The average Bonchev–Trinajstić information content (AvgIpc) is 2.50. The quantitative estimate of drug-likeness (QED) is 0.783. The minimum atomic E-state index is -2.76. The van der Waals surface area contributed by atoms with E-state index < -0.39 is 24.7 Å². The maximum absolute atomic E-state index is 12.3. The molecule has 1 rings (SSSR count). The van der Waals surface area contributed by atoms with Crippen molar-refractivity contribution in [2.45, 2.75) is 18.8 Å². The number of hydrogen-bond acceptors (Lipinski definition) is 3. The Bertz CT molecular complexity index is 273. The Hall–Kier alpha value is -1.46. The Balaban J connectivity index is 2.74. The molecule has 0 saturated carbocycles. The molecule has 0 spiro atoms. The number of carboxylic acid groups (broad SMARTS) is 1. The Morgan fingerprint density at radius 1 is 1.69 bits per heavy atom. The van der Waals surface area contributed by atoms with Gasteiger partial charge < -0.3 is 9.52 Å². The van der Waals surface area contributed by atoms with E-state index in [1.807, 2.05) is 0 Å². The predicted octanol–water partition coefficient (Wildman–Crippen LogP) is 1.50. The van der Waals surface area contributed by atoms with Crippen LogP contribution in [0.15, 0.2) is 17.0 Å². The second-order valence-corrected chi connectivity index (χ2v) is 2.44. The number of rotatable bonds is 4. The standard InChI is InChI=1S/C7H7F2NO3/c8-7(9)4(1-6(11)12)5-2-10-3-13-5/h2-4,7H,1H2,(H,11,12). The van der Waals surface area contributed by atoms with Gasteiger partial charge in [0.05, 0.1) is 18.5 Å². The molecule has 6 heteroatoms. The number of hydrogen-bond donors (Lipinski definition) is 1. The van der Waals surface area contributed by atoms with Gasteiger partial charge in [0.25, 0.3) is 0 Å². The van der Waals surface area contributed by atoms with Gasteiger partial charge in [-0.15, -0.1) is 0 Å². The van der Waals surface area contributed by atoms with Crippen molar-refractivity contribution in [2.75, 3.05) is 0 Å². The lowest BCUT2D eigenvalue weighted by molar-refractivity contribution is -0.138. The van der Waals surface area contributed by atoms with Crippen LogP contribution in [0.25, 0.3) is 0 Å². The van der Waals surface area contributed by atoms with Crippen LogP contribution in [0.1, 0.15) is 18.1 Å². The third-order valence-corrected chi connectivity index (χ3v) is 1.52. The number of aliphatic carboxylic acids is 1. The minimum Gasteiger partial charge on any atom is -0.481 e. The zero-order valence-electron chi connectivity index (χ0n) is 6.48. The highest BCUT2D eigenvalue weighted by Crippen LogP contribution is 2.26. The van der Waals surface area contributed by atoms with Gasteiger partial charge in [0.2, 0.25) is 6.43 Å². The summed E-state index contributed by atoms with van der Waals surface area (Å²) in [6.45, 7) is 0. The first-order chi connectivity index (χ1) is 6.11. The second-order valence-electron chi connectivity index (χ2n) is 2.44. The van der Waals surface area contributed by atoms with Crippen LogP contribution in [0.3, 0.4) is 0 Å². The average molecular weight is 191 g/mol. The molecule has 1 aromatic heterocycles. The molecule has 4 nitrogen and oxygen atoms in total. The van der Waals surface area contributed by atoms with Gasteiger partial charge in [-0.2, -0.15) is 0 Å². The largest absolute Gasteiger partial charge is 0.481 e. The van der Waals surface area contributed by atoms with Crippen molar-refractivity contribution in [3.05, 3.63) is 18.4 Å². The number of aromatic nitrogens is 1. The van der Waals surface area contributed by atoms with Gasteiger partial charge in [-0.25, -0.2) is 13.8 Å². The molecule has 1 heterocycles. The van der Waals surface area contributed by atoms with Gasteiger partial charge in [-0.1, -0.05) is 0 Å². The third kappa shape index (κ3) is 2.50. The van der Waals surface area contributed by atoms with Crippen molar-refractivity contribution in [1.82, 2.24) is 4.98 Å². The highest BCUT2D eigenvalue weighted by atomic mass is 19.3. The summed E-state index contributed by atoms with van der Waals surface area (Å²) in [6.07, 6.45) is -1.33. The summed E-state index contributed by atoms with van der Waals surface area (Å²) in [6, 6.07) is 0. The second kappa shape index (κ2) is 3.97. The molecule has 0 aromatic carbocycles. The Morgan fingerprint density at radius 3 is 2.77 bits per heavy atom. The molecule has 0 bridgehead atoms. The summed E-state index contributed by atoms with van der Waals surface area (Å²) in [7, 11) is 0. The first kappa shape index (κ1) is 9.63. The lowest BCUT2D eigenvalue weighted by Gasteiger charge is -2.09. The molecular formula is C7H7F2NO3. The molecule has 0 saturated heterocycles. The van der Waals surface area contributed by atoms with Crippen LogP contribution >= 0.6 is 0 Å². The number of carboxylic acids is 1. The Kier molecular flexibility index (Phi) is 2.94. The van der Waals surface area contributed by atoms with Gasteiger partial charge in [0, 0.05) is 0 Å². The van der Waals surface area contributed by atoms with E-state index in [-0.39, 0.29) is 5.76 Å². The van der Waals surface area contributed by atoms with E-state index in [0.717, 1.165) is 12.6 Å². The highest BCUT2D eigenvalue weighted by Gasteiger charge is 2.27. The van der Waals surface area contributed by atoms with E-state index in [9.17, 15) is 13.6 Å². The van der Waals surface area contributed by atoms with E-state index in [1.165, 1.54) is 0 Å². The minimum absolute atomic E-state index is 0.0996. The Labute approximate surface area is 72.2 Å². The molecule has 72 valence electrons. The van der Waals surface area contributed by atoms with Crippen LogP contribution < -0.4 is 0 Å². The van der Waals surface area contributed by atoms with Crippen LogP contribution in [0.2, 0.25) is 0 Å². The third-order valence-electron chi connectivity index (χ3n) is 1.52. The summed E-state index contributed by atoms with van der Waals surface area (Å²) in [5.74, 6) is -2.81. The molecule has 0 aliphatic rings. The summed E-state index contributed by atoms with van der Waals surface area (Å²) >= 11 is 0. The highest BCUT2D eigenvalue weighted by molar-refractivity contribution is 5.67. The lowest BCUT2D eigenvalue weighted by Crippen LogP contribution is -2.13. The number of halogens is 2. The molecule has 0 radical (unpaired) electrons. The SMILES string of the molecule is O=C(O)CC(c1cnco1)C(F)F. The van der Waals surface area contributed by atoms with Crippen LogP contribution in [0.5, 0.6) is 0 Å². The summed E-state index contributed by atoms with van der Waals surface area (Å²) in [4.78, 5) is 13.7. The molecule has 1 aromatic rings. The maximum atomic E-state index is 12.3. The fourth-order valence-corrected chi connectivity index (χ4v) is 0.911. The molecule has 1 atom stereocenters. The molecule has 0 fully saturated rings. The van der Waals surface area contributed by atoms with Crippen molar-refractivity contribution < 1.29 is 23.1 Å². The van der Waals surface area contributed by atoms with Gasteiger partial charge in [-0.05, 0) is 0 Å². The number of alkyl halides is 2. The topological polar surface area (TPSA) is 63.3 Å². The molecule has 1 N–H and O–H groups in total. The van der Waals surface area contributed by atoms with Crippen molar-refractivity contribution in [3.8, 4) is 0 Å². The first-order valence-electron chi connectivity index (χ1n) is 3.49. The summed E-state index contributed by atoms with van der Waals surface area (Å²) in [5.41, 5.74) is 0. The zero-order chi connectivity index (χ0) is 9.84. The van der Waals surface area contributed by atoms with Gasteiger partial charge >= 0.3 is 5.97 Å². The molecule has 0 amide bonds. The van der Waals surface area contributed by atoms with Crippen molar-refractivity contribution in [1.29, 1.82) is 0 Å². The van der Waals surface area contributed by atoms with E-state index in [4.69, 9.17) is 5.11 Å². The molecule has 1 unspecified atom stereocenters. The van der Waals surface area contributed by atoms with Gasteiger partial charge in [-0.3, -0.25) is 4.79 Å². The summed E-state index contributed by atoms with van der Waals surface area (Å²) < 4.78 is 29.1. The fourth-order valence-electron chi connectivity index (χ4n) is 0.911. The normalized spacial score (nSPS) is 13.2. The maximum Gasteiger partial charge on any atom is 0.304 e. The molecule has 0 aliphatic carbocycles. The smallest absolute Gasteiger partial charge is 0.304 e. The number of nitrogens with zero attached hydrogens (tertiary/aromatic N) is 1. The van der Waals surface area contributed by atoms with Crippen molar-refractivity contribution in [2.24, 2.45) is 0 Å². The lowest BCUT2D eigenvalue weighted by atomic mass is 10.0. The van der Waals surface area contributed by atoms with Crippen LogP contribution in [-0.4, -0.2) is 22.5 Å². The number of oxazole rings is 1. The zero-order valence-corrected chi connectivity index (χ0v) is 6.48. The molecule has 13 heavy (non-hydrogen) atoms. The van der Waals surface area contributed by atoms with Crippen molar-refractivity contribution >= 4 is 5.97 Å². The van der Waals surface area contributed by atoms with Crippen LogP contribution in [0, 0.1) is 0 Å². The van der Waals surface area contributed by atoms with E-state index in [0.29, 0.717) is 0 Å². The summed E-state index contributed by atoms with van der Waals surface area (Å²) in [5, 5.41) is 8.34. The Morgan fingerprint density at radius 2 is 2.38 bits per heavy atom. The monoisotopic (exact) mass is 191 g/mol. The molecule has 0 aliphatic heterocycles. The first-order valence-corrected chi connectivity index (χ1v) is 3.49.